The van der Waals surface area contributed by atoms with Gasteiger partial charge >= 0.3 is 0 Å². The van der Waals surface area contributed by atoms with E-state index in [9.17, 15) is 19.9 Å². The highest BCUT2D eigenvalue weighted by Crippen LogP contribution is 2.23. The molecule has 0 aliphatic rings. The van der Waals surface area contributed by atoms with Crippen LogP contribution in [0.4, 0.5) is 0 Å². The van der Waals surface area contributed by atoms with Gasteiger partial charge in [0, 0.05) is 11.9 Å². The van der Waals surface area contributed by atoms with Gasteiger partial charge in [0.25, 0.3) is 11.5 Å². The van der Waals surface area contributed by atoms with Gasteiger partial charge in [0.05, 0.1) is 5.39 Å². The lowest BCUT2D eigenvalue weighted by atomic mass is 10.1. The van der Waals surface area contributed by atoms with Gasteiger partial charge in [-0.05, 0) is 12.5 Å². The summed E-state index contributed by atoms with van der Waals surface area (Å²) in [5, 5.41) is 22.4. The average Bonchev–Trinajstić information content (AvgIpc) is 2.43. The van der Waals surface area contributed by atoms with Crippen LogP contribution in [-0.2, 0) is 0 Å². The minimum Gasteiger partial charge on any atom is -0.492 e. The van der Waals surface area contributed by atoms with E-state index in [1.165, 1.54) is 6.07 Å². The Morgan fingerprint density at radius 3 is 2.58 bits per heavy atom. The van der Waals surface area contributed by atoms with Crippen LogP contribution >= 0.6 is 0 Å². The van der Waals surface area contributed by atoms with Crippen molar-refractivity contribution in [2.75, 3.05) is 6.54 Å². The summed E-state index contributed by atoms with van der Waals surface area (Å²) in [7, 11) is 0. The quantitative estimate of drug-likeness (QED) is 0.722. The van der Waals surface area contributed by atoms with E-state index >= 15 is 0 Å². The van der Waals surface area contributed by atoms with Crippen LogP contribution < -0.4 is 10.9 Å². The summed E-state index contributed by atoms with van der Waals surface area (Å²) in [6.45, 7) is 2.34. The molecular weight excluding hydrogens is 248 g/mol. The molecule has 0 saturated carbocycles. The van der Waals surface area contributed by atoms with Gasteiger partial charge in [0.2, 0.25) is 5.88 Å². The molecule has 0 unspecified atom stereocenters. The molecular formula is C13H14N2O4. The topological polar surface area (TPSA) is 91.6 Å². The second kappa shape index (κ2) is 5.01. The van der Waals surface area contributed by atoms with E-state index in [1.54, 1.807) is 18.2 Å². The van der Waals surface area contributed by atoms with Crippen LogP contribution in [0.2, 0.25) is 0 Å². The first-order valence-electron chi connectivity index (χ1n) is 5.92. The first-order valence-corrected chi connectivity index (χ1v) is 5.92. The standard InChI is InChI=1S/C13H14N2O4/c1-2-7-14-11(16)10-8-5-3-4-6-9(8)12(17)15(19)13(10)18/h3-6,18-19H,2,7H2,1H3,(H,14,16). The number of hydrogen-bond donors (Lipinski definition) is 3. The zero-order valence-electron chi connectivity index (χ0n) is 10.4. The molecule has 0 spiro atoms. The molecule has 0 atom stereocenters. The molecule has 2 aromatic rings. The maximum absolute atomic E-state index is 12.0. The minimum atomic E-state index is -0.764. The normalized spacial score (nSPS) is 10.6. The summed E-state index contributed by atoms with van der Waals surface area (Å²) in [4.78, 5) is 23.8. The molecule has 6 nitrogen and oxygen atoms in total. The van der Waals surface area contributed by atoms with Gasteiger partial charge in [0.15, 0.2) is 0 Å². The largest absolute Gasteiger partial charge is 0.492 e. The highest BCUT2D eigenvalue weighted by atomic mass is 16.5. The van der Waals surface area contributed by atoms with E-state index < -0.39 is 17.3 Å². The van der Waals surface area contributed by atoms with E-state index in [0.29, 0.717) is 11.9 Å². The van der Waals surface area contributed by atoms with Crippen molar-refractivity contribution >= 4 is 16.7 Å². The number of aromatic hydroxyl groups is 1. The van der Waals surface area contributed by atoms with Crippen molar-refractivity contribution in [3.63, 3.8) is 0 Å². The van der Waals surface area contributed by atoms with Crippen LogP contribution in [0.3, 0.4) is 0 Å². The number of fused-ring (bicyclic) bond motifs is 1. The summed E-state index contributed by atoms with van der Waals surface area (Å²) in [6, 6.07) is 6.31. The van der Waals surface area contributed by atoms with Crippen molar-refractivity contribution in [1.82, 2.24) is 10.0 Å². The lowest BCUT2D eigenvalue weighted by Crippen LogP contribution is -2.28. The van der Waals surface area contributed by atoms with Crippen LogP contribution in [-0.4, -0.2) is 27.5 Å². The SMILES string of the molecule is CCCNC(=O)c1c(O)n(O)c(=O)c2ccccc12. The number of nitrogens with zero attached hydrogens (tertiary/aromatic N) is 1. The summed E-state index contributed by atoms with van der Waals surface area (Å²) in [5.41, 5.74) is -0.869. The molecule has 1 aromatic carbocycles. The third-order valence-corrected chi connectivity index (χ3v) is 2.81. The average molecular weight is 262 g/mol. The van der Waals surface area contributed by atoms with Crippen LogP contribution in [0.25, 0.3) is 10.8 Å². The highest BCUT2D eigenvalue weighted by Gasteiger charge is 2.20. The van der Waals surface area contributed by atoms with Crippen LogP contribution in [0.15, 0.2) is 29.1 Å². The van der Waals surface area contributed by atoms with Crippen LogP contribution in [0.5, 0.6) is 5.88 Å². The Hall–Kier alpha value is -2.50. The van der Waals surface area contributed by atoms with Gasteiger partial charge in [-0.15, -0.1) is 4.73 Å². The molecule has 6 heteroatoms. The lowest BCUT2D eigenvalue weighted by Gasteiger charge is -2.11. The number of hydrogen-bond acceptors (Lipinski definition) is 4. The van der Waals surface area contributed by atoms with E-state index in [0.717, 1.165) is 6.42 Å². The molecule has 0 radical (unpaired) electrons. The fourth-order valence-corrected chi connectivity index (χ4v) is 1.88. The number of carbonyl (C=O) groups excluding carboxylic acids is 1. The van der Waals surface area contributed by atoms with E-state index in [4.69, 9.17) is 0 Å². The first-order chi connectivity index (χ1) is 9.07. The van der Waals surface area contributed by atoms with Crippen molar-refractivity contribution in [2.24, 2.45) is 0 Å². The van der Waals surface area contributed by atoms with Crippen molar-refractivity contribution in [3.8, 4) is 5.88 Å². The zero-order valence-corrected chi connectivity index (χ0v) is 10.4. The number of benzene rings is 1. The Kier molecular flexibility index (Phi) is 3.41. The third-order valence-electron chi connectivity index (χ3n) is 2.81. The summed E-state index contributed by atoms with van der Waals surface area (Å²) in [5.74, 6) is -1.28. The molecule has 2 rings (SSSR count). The van der Waals surface area contributed by atoms with Gasteiger partial charge in [-0.1, -0.05) is 25.1 Å². The van der Waals surface area contributed by atoms with Crippen molar-refractivity contribution in [3.05, 3.63) is 40.2 Å². The molecule has 19 heavy (non-hydrogen) atoms. The predicted octanol–water partition coefficient (Wildman–Crippen LogP) is 1.08. The monoisotopic (exact) mass is 262 g/mol. The Balaban J connectivity index is 2.72. The maximum Gasteiger partial charge on any atom is 0.294 e. The lowest BCUT2D eigenvalue weighted by molar-refractivity contribution is 0.0937. The molecule has 0 saturated heterocycles. The molecule has 1 aromatic heterocycles. The molecule has 100 valence electrons. The Bertz CT molecular complexity index is 691. The van der Waals surface area contributed by atoms with Crippen LogP contribution in [0, 0.1) is 0 Å². The second-order valence-electron chi connectivity index (χ2n) is 4.12. The Morgan fingerprint density at radius 1 is 1.32 bits per heavy atom. The van der Waals surface area contributed by atoms with Crippen molar-refractivity contribution in [1.29, 1.82) is 0 Å². The molecule has 3 N–H and O–H groups in total. The summed E-state index contributed by atoms with van der Waals surface area (Å²) in [6.07, 6.45) is 0.739. The molecule has 0 aliphatic heterocycles. The predicted molar refractivity (Wildman–Crippen MR) is 69.7 cm³/mol. The molecule has 0 bridgehead atoms. The minimum absolute atomic E-state index is 0.0865. The fourth-order valence-electron chi connectivity index (χ4n) is 1.88. The number of carbonyl (C=O) groups is 1. The molecule has 0 aliphatic carbocycles. The number of amides is 1. The third kappa shape index (κ3) is 2.12. The van der Waals surface area contributed by atoms with Crippen LogP contribution in [0.1, 0.15) is 23.7 Å². The zero-order chi connectivity index (χ0) is 14.0. The molecule has 0 fully saturated rings. The van der Waals surface area contributed by atoms with E-state index in [1.807, 2.05) is 6.92 Å². The summed E-state index contributed by atoms with van der Waals surface area (Å²) >= 11 is 0. The van der Waals surface area contributed by atoms with E-state index in [-0.39, 0.29) is 15.7 Å². The van der Waals surface area contributed by atoms with Gasteiger partial charge < -0.3 is 15.6 Å². The van der Waals surface area contributed by atoms with E-state index in [2.05, 4.69) is 5.32 Å². The Labute approximate surface area is 108 Å². The smallest absolute Gasteiger partial charge is 0.294 e. The number of rotatable bonds is 3. The maximum atomic E-state index is 12.0. The highest BCUT2D eigenvalue weighted by molar-refractivity contribution is 6.08. The molecule has 1 heterocycles. The Morgan fingerprint density at radius 2 is 1.95 bits per heavy atom. The van der Waals surface area contributed by atoms with Gasteiger partial charge in [-0.25, -0.2) is 0 Å². The molecule has 1 amide bonds. The number of pyridine rings is 1. The van der Waals surface area contributed by atoms with Crippen molar-refractivity contribution < 1.29 is 15.1 Å². The first kappa shape index (κ1) is 12.9. The fraction of sp³-hybridized carbons (Fsp3) is 0.231. The number of aromatic nitrogens is 1. The van der Waals surface area contributed by atoms with Gasteiger partial charge in [0.1, 0.15) is 5.56 Å². The van der Waals surface area contributed by atoms with Gasteiger partial charge in [-0.2, -0.15) is 0 Å². The van der Waals surface area contributed by atoms with Gasteiger partial charge in [-0.3, -0.25) is 9.59 Å². The van der Waals surface area contributed by atoms with Crippen molar-refractivity contribution in [2.45, 2.75) is 13.3 Å². The second-order valence-corrected chi connectivity index (χ2v) is 4.12. The number of nitrogens with one attached hydrogen (secondary N) is 1. The summed E-state index contributed by atoms with van der Waals surface area (Å²) < 4.78 is 0.0865.